The van der Waals surface area contributed by atoms with Crippen molar-refractivity contribution >= 4 is 43.7 Å². The zero-order valence-electron chi connectivity index (χ0n) is 18.3. The number of halogens is 2. The van der Waals surface area contributed by atoms with Crippen LogP contribution in [0.15, 0.2) is 45.3 Å². The number of carboxylic acid groups (broad SMARTS) is 1. The lowest BCUT2D eigenvalue weighted by atomic mass is 10.1. The van der Waals surface area contributed by atoms with Crippen molar-refractivity contribution in [2.24, 2.45) is 0 Å². The van der Waals surface area contributed by atoms with E-state index < -0.39 is 5.97 Å². The van der Waals surface area contributed by atoms with Crippen LogP contribution in [0.3, 0.4) is 0 Å². The molecule has 0 atom stereocenters. The molecule has 1 amide bonds. The van der Waals surface area contributed by atoms with Crippen LogP contribution in [-0.2, 0) is 0 Å². The summed E-state index contributed by atoms with van der Waals surface area (Å²) >= 11 is 6.70. The van der Waals surface area contributed by atoms with Crippen molar-refractivity contribution in [3.63, 3.8) is 0 Å². The standard InChI is InChI=1S/C12H14BrNO.C8H7BrO2.C5H10/c1-9-10(5-4-6-11(9)13)12(15)14-7-2-3-8-14;1-5-6(8(10)11)3-2-4-7(5)9;1-2-4-5-3-1/h4-6H,2-3,7-8H2,1H3;2-4H,1H3,(H,10,11);1-5H2. The molecular weight excluding hydrogens is 522 g/mol. The van der Waals surface area contributed by atoms with E-state index in [0.717, 1.165) is 51.6 Å². The first-order chi connectivity index (χ1) is 14.8. The van der Waals surface area contributed by atoms with Gasteiger partial charge in [0.15, 0.2) is 0 Å². The monoisotopic (exact) mass is 551 g/mol. The number of likely N-dealkylation sites (tertiary alicyclic amines) is 1. The Bertz CT molecular complexity index is 881. The van der Waals surface area contributed by atoms with Crippen LogP contribution in [0.2, 0.25) is 0 Å². The summed E-state index contributed by atoms with van der Waals surface area (Å²) in [6.45, 7) is 5.57. The van der Waals surface area contributed by atoms with Crippen molar-refractivity contribution in [2.45, 2.75) is 58.8 Å². The number of amides is 1. The Morgan fingerprint density at radius 2 is 1.16 bits per heavy atom. The van der Waals surface area contributed by atoms with Gasteiger partial charge < -0.3 is 10.0 Å². The minimum Gasteiger partial charge on any atom is -0.478 e. The Labute approximate surface area is 202 Å². The van der Waals surface area contributed by atoms with Crippen LogP contribution in [-0.4, -0.2) is 35.0 Å². The zero-order valence-corrected chi connectivity index (χ0v) is 21.5. The van der Waals surface area contributed by atoms with Gasteiger partial charge in [-0.05, 0) is 62.1 Å². The second-order valence-corrected chi connectivity index (χ2v) is 9.61. The summed E-state index contributed by atoms with van der Waals surface area (Å²) in [6.07, 6.45) is 9.78. The van der Waals surface area contributed by atoms with Crippen LogP contribution in [0.25, 0.3) is 0 Å². The summed E-state index contributed by atoms with van der Waals surface area (Å²) in [4.78, 5) is 24.6. The lowest BCUT2D eigenvalue weighted by molar-refractivity contribution is 0.0695. The average Bonchev–Trinajstić information content (AvgIpc) is 3.48. The van der Waals surface area contributed by atoms with Crippen LogP contribution in [0.5, 0.6) is 0 Å². The first kappa shape index (κ1) is 25.6. The van der Waals surface area contributed by atoms with E-state index in [2.05, 4.69) is 31.9 Å². The van der Waals surface area contributed by atoms with Gasteiger partial charge in [-0.2, -0.15) is 0 Å². The molecule has 1 aliphatic carbocycles. The van der Waals surface area contributed by atoms with E-state index in [4.69, 9.17) is 5.11 Å². The molecule has 0 unspecified atom stereocenters. The quantitative estimate of drug-likeness (QED) is 0.422. The lowest BCUT2D eigenvalue weighted by Gasteiger charge is -2.17. The number of aromatic carboxylic acids is 1. The predicted octanol–water partition coefficient (Wildman–Crippen LogP) is 7.40. The Morgan fingerprint density at radius 1 is 0.742 bits per heavy atom. The summed E-state index contributed by atoms with van der Waals surface area (Å²) in [5, 5.41) is 8.67. The molecule has 0 spiro atoms. The molecule has 2 aromatic rings. The molecule has 4 rings (SSSR count). The molecule has 2 aliphatic rings. The molecule has 6 heteroatoms. The van der Waals surface area contributed by atoms with Gasteiger partial charge in [0.1, 0.15) is 0 Å². The fraction of sp³-hybridized carbons (Fsp3) is 0.440. The Hall–Kier alpha value is -1.66. The molecule has 2 aromatic carbocycles. The number of carbonyl (C=O) groups is 2. The highest BCUT2D eigenvalue weighted by molar-refractivity contribution is 9.10. The lowest BCUT2D eigenvalue weighted by Crippen LogP contribution is -2.28. The average molecular weight is 553 g/mol. The molecule has 168 valence electrons. The number of carbonyl (C=O) groups excluding carboxylic acids is 1. The van der Waals surface area contributed by atoms with Gasteiger partial charge in [0.2, 0.25) is 0 Å². The summed E-state index contributed by atoms with van der Waals surface area (Å²) in [6, 6.07) is 10.9. The fourth-order valence-corrected chi connectivity index (χ4v) is 4.39. The second-order valence-electron chi connectivity index (χ2n) is 7.90. The van der Waals surface area contributed by atoms with Gasteiger partial charge in [0.05, 0.1) is 5.56 Å². The van der Waals surface area contributed by atoms with Gasteiger partial charge in [0.25, 0.3) is 5.91 Å². The van der Waals surface area contributed by atoms with Gasteiger partial charge in [-0.15, -0.1) is 0 Å². The summed E-state index contributed by atoms with van der Waals surface area (Å²) in [7, 11) is 0. The predicted molar refractivity (Wildman–Crippen MR) is 133 cm³/mol. The molecule has 1 saturated carbocycles. The molecule has 31 heavy (non-hydrogen) atoms. The normalized spacial score (nSPS) is 14.9. The van der Waals surface area contributed by atoms with Gasteiger partial charge >= 0.3 is 5.97 Å². The molecule has 1 aliphatic heterocycles. The molecule has 0 aromatic heterocycles. The third-order valence-electron chi connectivity index (χ3n) is 5.64. The van der Waals surface area contributed by atoms with E-state index in [1.165, 1.54) is 32.1 Å². The maximum atomic E-state index is 12.1. The Morgan fingerprint density at radius 3 is 1.58 bits per heavy atom. The maximum absolute atomic E-state index is 12.1. The van der Waals surface area contributed by atoms with Crippen molar-refractivity contribution in [1.82, 2.24) is 4.90 Å². The van der Waals surface area contributed by atoms with E-state index >= 15 is 0 Å². The number of rotatable bonds is 2. The molecule has 1 N–H and O–H groups in total. The highest BCUT2D eigenvalue weighted by Crippen LogP contribution is 2.22. The summed E-state index contributed by atoms with van der Waals surface area (Å²) in [5.41, 5.74) is 2.97. The number of nitrogens with zero attached hydrogens (tertiary/aromatic N) is 1. The largest absolute Gasteiger partial charge is 0.478 e. The van der Waals surface area contributed by atoms with Crippen LogP contribution >= 0.6 is 31.9 Å². The van der Waals surface area contributed by atoms with Crippen molar-refractivity contribution < 1.29 is 14.7 Å². The first-order valence-electron chi connectivity index (χ1n) is 10.9. The minimum atomic E-state index is -0.885. The van der Waals surface area contributed by atoms with Crippen molar-refractivity contribution in [2.75, 3.05) is 13.1 Å². The van der Waals surface area contributed by atoms with E-state index in [1.54, 1.807) is 19.1 Å². The highest BCUT2D eigenvalue weighted by atomic mass is 79.9. The minimum absolute atomic E-state index is 0.173. The molecule has 0 radical (unpaired) electrons. The highest BCUT2D eigenvalue weighted by Gasteiger charge is 2.21. The molecule has 1 heterocycles. The second kappa shape index (κ2) is 13.0. The van der Waals surface area contributed by atoms with E-state index in [9.17, 15) is 9.59 Å². The number of hydrogen-bond acceptors (Lipinski definition) is 2. The van der Waals surface area contributed by atoms with Crippen molar-refractivity contribution in [3.05, 3.63) is 67.6 Å². The fourth-order valence-electron chi connectivity index (χ4n) is 3.65. The first-order valence-corrected chi connectivity index (χ1v) is 12.4. The molecule has 4 nitrogen and oxygen atoms in total. The van der Waals surface area contributed by atoms with E-state index in [-0.39, 0.29) is 5.91 Å². The maximum Gasteiger partial charge on any atom is 0.335 e. The molecular formula is C25H31Br2NO3. The topological polar surface area (TPSA) is 57.6 Å². The number of carboxylic acids is 1. The number of benzene rings is 2. The zero-order chi connectivity index (χ0) is 22.8. The van der Waals surface area contributed by atoms with E-state index in [0.29, 0.717) is 5.56 Å². The SMILES string of the molecule is C1CCCC1.Cc1c(Br)cccc1C(=O)N1CCCC1.Cc1c(Br)cccc1C(=O)O. The smallest absolute Gasteiger partial charge is 0.335 e. The molecule has 1 saturated heterocycles. The number of hydrogen-bond donors (Lipinski definition) is 1. The Kier molecular flexibility index (Phi) is 10.7. The molecule has 0 bridgehead atoms. The third kappa shape index (κ3) is 7.76. The van der Waals surface area contributed by atoms with E-state index in [1.807, 2.05) is 36.1 Å². The van der Waals surface area contributed by atoms with Gasteiger partial charge in [-0.3, -0.25) is 4.79 Å². The van der Waals surface area contributed by atoms with Gasteiger partial charge in [-0.1, -0.05) is 76.1 Å². The van der Waals surface area contributed by atoms with Gasteiger partial charge in [0, 0.05) is 27.6 Å². The molecule has 2 fully saturated rings. The van der Waals surface area contributed by atoms with Gasteiger partial charge in [-0.25, -0.2) is 4.79 Å². The summed E-state index contributed by atoms with van der Waals surface area (Å²) in [5.74, 6) is -0.713. The summed E-state index contributed by atoms with van der Waals surface area (Å²) < 4.78 is 1.84. The van der Waals surface area contributed by atoms with Crippen LogP contribution in [0, 0.1) is 13.8 Å². The van der Waals surface area contributed by atoms with Crippen molar-refractivity contribution in [1.29, 1.82) is 0 Å². The third-order valence-corrected chi connectivity index (χ3v) is 7.36. The van der Waals surface area contributed by atoms with Crippen LogP contribution < -0.4 is 0 Å². The van der Waals surface area contributed by atoms with Crippen LogP contribution in [0.4, 0.5) is 0 Å². The van der Waals surface area contributed by atoms with Crippen molar-refractivity contribution in [3.8, 4) is 0 Å². The Balaban J connectivity index is 0.000000186. The van der Waals surface area contributed by atoms with Crippen LogP contribution in [0.1, 0.15) is 76.8 Å².